The van der Waals surface area contributed by atoms with Gasteiger partial charge in [-0.3, -0.25) is 4.79 Å². The highest BCUT2D eigenvalue weighted by molar-refractivity contribution is 8.16. The van der Waals surface area contributed by atoms with E-state index in [1.165, 1.54) is 17.8 Å². The third-order valence-corrected chi connectivity index (χ3v) is 6.67. The number of hydrogen-bond donors (Lipinski definition) is 1. The van der Waals surface area contributed by atoms with Crippen LogP contribution in [0.4, 0.5) is 4.39 Å². The van der Waals surface area contributed by atoms with E-state index in [0.717, 1.165) is 5.56 Å². The SMILES string of the molecule is CC1=C(C(=O)OC(C)C)[C@H](c2ccccc2F)N2C(CC(=O)N[C@@H](C)c3ccccc3)=CSC2=N1. The summed E-state index contributed by atoms with van der Waals surface area (Å²) in [7, 11) is 0. The fourth-order valence-electron chi connectivity index (χ4n) is 4.18. The number of esters is 1. The number of carbonyl (C=O) groups is 2. The van der Waals surface area contributed by atoms with Gasteiger partial charge >= 0.3 is 5.97 Å². The van der Waals surface area contributed by atoms with E-state index >= 15 is 4.39 Å². The Morgan fingerprint density at radius 1 is 1.11 bits per heavy atom. The quantitative estimate of drug-likeness (QED) is 0.507. The second-order valence-electron chi connectivity index (χ2n) is 8.75. The Labute approximate surface area is 209 Å². The summed E-state index contributed by atoms with van der Waals surface area (Å²) in [5.41, 5.74) is 2.69. The number of benzene rings is 2. The van der Waals surface area contributed by atoms with Crippen molar-refractivity contribution in [1.29, 1.82) is 0 Å². The first-order valence-corrected chi connectivity index (χ1v) is 12.4. The van der Waals surface area contributed by atoms with E-state index in [9.17, 15) is 9.59 Å². The third kappa shape index (κ3) is 5.32. The summed E-state index contributed by atoms with van der Waals surface area (Å²) in [5, 5.41) is 5.45. The molecule has 1 N–H and O–H groups in total. The molecule has 0 radical (unpaired) electrons. The molecule has 2 aromatic rings. The zero-order valence-corrected chi connectivity index (χ0v) is 20.9. The summed E-state index contributed by atoms with van der Waals surface area (Å²) >= 11 is 1.35. The van der Waals surface area contributed by atoms with Crippen molar-refractivity contribution < 1.29 is 18.7 Å². The lowest BCUT2D eigenvalue weighted by Crippen LogP contribution is -2.39. The smallest absolute Gasteiger partial charge is 0.338 e. The molecule has 0 spiro atoms. The number of nitrogens with one attached hydrogen (secondary N) is 1. The van der Waals surface area contributed by atoms with Gasteiger partial charge < -0.3 is 15.0 Å². The molecule has 2 aliphatic rings. The number of nitrogens with zero attached hydrogens (tertiary/aromatic N) is 2. The van der Waals surface area contributed by atoms with Gasteiger partial charge in [0.15, 0.2) is 5.17 Å². The Hall–Kier alpha value is -3.39. The highest BCUT2D eigenvalue weighted by Crippen LogP contribution is 2.45. The lowest BCUT2D eigenvalue weighted by Gasteiger charge is -2.36. The molecule has 2 atom stereocenters. The number of aliphatic imine (C=N–C) groups is 1. The van der Waals surface area contributed by atoms with Crippen LogP contribution in [0.1, 0.15) is 57.3 Å². The largest absolute Gasteiger partial charge is 0.459 e. The van der Waals surface area contributed by atoms with Crippen LogP contribution in [0.15, 0.2) is 82.0 Å². The first kappa shape index (κ1) is 24.7. The normalized spacial score (nSPS) is 18.1. The average Bonchev–Trinajstić information content (AvgIpc) is 3.20. The molecule has 2 aromatic carbocycles. The van der Waals surface area contributed by atoms with Crippen LogP contribution in [-0.4, -0.2) is 28.0 Å². The zero-order chi connectivity index (χ0) is 25.1. The highest BCUT2D eigenvalue weighted by Gasteiger charge is 2.42. The minimum absolute atomic E-state index is 0.0553. The zero-order valence-electron chi connectivity index (χ0n) is 20.1. The van der Waals surface area contributed by atoms with E-state index in [2.05, 4.69) is 10.3 Å². The summed E-state index contributed by atoms with van der Waals surface area (Å²) in [6.45, 7) is 7.17. The molecule has 0 saturated heterocycles. The number of allylic oxidation sites excluding steroid dienone is 1. The number of thioether (sulfide) groups is 1. The number of ether oxygens (including phenoxy) is 1. The monoisotopic (exact) mass is 493 g/mol. The van der Waals surface area contributed by atoms with E-state index in [0.29, 0.717) is 22.1 Å². The van der Waals surface area contributed by atoms with Crippen molar-refractivity contribution in [3.05, 3.63) is 93.9 Å². The molecule has 2 heterocycles. The maximum atomic E-state index is 15.1. The Morgan fingerprint density at radius 3 is 2.49 bits per heavy atom. The van der Waals surface area contributed by atoms with Crippen molar-refractivity contribution in [3.63, 3.8) is 0 Å². The number of carbonyl (C=O) groups excluding carboxylic acids is 2. The third-order valence-electron chi connectivity index (χ3n) is 5.78. The molecule has 8 heteroatoms. The fourth-order valence-corrected chi connectivity index (χ4v) is 5.15. The summed E-state index contributed by atoms with van der Waals surface area (Å²) < 4.78 is 20.6. The molecule has 0 aromatic heterocycles. The first-order valence-electron chi connectivity index (χ1n) is 11.5. The Kier molecular flexibility index (Phi) is 7.40. The van der Waals surface area contributed by atoms with Gasteiger partial charge in [0.2, 0.25) is 5.91 Å². The molecule has 182 valence electrons. The first-order chi connectivity index (χ1) is 16.8. The van der Waals surface area contributed by atoms with Gasteiger partial charge in [0, 0.05) is 11.3 Å². The van der Waals surface area contributed by atoms with Gasteiger partial charge in [0.05, 0.1) is 35.9 Å². The van der Waals surface area contributed by atoms with Crippen LogP contribution >= 0.6 is 11.8 Å². The number of amidine groups is 1. The summed E-state index contributed by atoms with van der Waals surface area (Å²) in [6.07, 6.45) is -0.289. The molecule has 0 fully saturated rings. The number of halogens is 1. The minimum atomic E-state index is -0.796. The van der Waals surface area contributed by atoms with Gasteiger partial charge in [-0.1, -0.05) is 60.3 Å². The fraction of sp³-hybridized carbons (Fsp3) is 0.296. The van der Waals surface area contributed by atoms with E-state index in [1.54, 1.807) is 43.9 Å². The molecule has 1 amide bonds. The number of rotatable bonds is 7. The van der Waals surface area contributed by atoms with Crippen LogP contribution < -0.4 is 5.32 Å². The van der Waals surface area contributed by atoms with E-state index in [1.807, 2.05) is 42.7 Å². The van der Waals surface area contributed by atoms with Gasteiger partial charge in [-0.05, 0) is 44.7 Å². The van der Waals surface area contributed by atoms with Crippen molar-refractivity contribution in [3.8, 4) is 0 Å². The van der Waals surface area contributed by atoms with E-state index in [-0.39, 0.29) is 30.0 Å². The van der Waals surface area contributed by atoms with E-state index < -0.39 is 17.8 Å². The Bertz CT molecular complexity index is 1220. The maximum absolute atomic E-state index is 15.1. The van der Waals surface area contributed by atoms with Crippen molar-refractivity contribution in [2.75, 3.05) is 0 Å². The van der Waals surface area contributed by atoms with Crippen LogP contribution in [0.25, 0.3) is 0 Å². The summed E-state index contributed by atoms with van der Waals surface area (Å²) in [6, 6.07) is 15.1. The van der Waals surface area contributed by atoms with Gasteiger partial charge in [0.25, 0.3) is 0 Å². The Morgan fingerprint density at radius 2 is 1.80 bits per heavy atom. The predicted octanol–water partition coefficient (Wildman–Crippen LogP) is 5.62. The lowest BCUT2D eigenvalue weighted by atomic mass is 9.93. The number of fused-ring (bicyclic) bond motifs is 1. The Balaban J connectivity index is 1.64. The minimum Gasteiger partial charge on any atom is -0.459 e. The number of amides is 1. The van der Waals surface area contributed by atoms with Crippen LogP contribution in [0, 0.1) is 5.82 Å². The molecular formula is C27H28FN3O3S. The molecule has 6 nitrogen and oxygen atoms in total. The molecule has 4 rings (SSSR count). The summed E-state index contributed by atoms with van der Waals surface area (Å²) in [4.78, 5) is 32.5. The van der Waals surface area contributed by atoms with Gasteiger partial charge in [-0.2, -0.15) is 0 Å². The van der Waals surface area contributed by atoms with E-state index in [4.69, 9.17) is 4.74 Å². The van der Waals surface area contributed by atoms with Crippen LogP contribution in [-0.2, 0) is 14.3 Å². The highest BCUT2D eigenvalue weighted by atomic mass is 32.2. The molecule has 0 aliphatic carbocycles. The molecular weight excluding hydrogens is 465 g/mol. The number of hydrogen-bond acceptors (Lipinski definition) is 6. The second kappa shape index (κ2) is 10.5. The molecule has 35 heavy (non-hydrogen) atoms. The second-order valence-corrected chi connectivity index (χ2v) is 9.58. The van der Waals surface area contributed by atoms with Crippen molar-refractivity contribution in [2.45, 2.75) is 52.3 Å². The van der Waals surface area contributed by atoms with Crippen LogP contribution in [0.3, 0.4) is 0 Å². The predicted molar refractivity (Wildman–Crippen MR) is 136 cm³/mol. The van der Waals surface area contributed by atoms with Crippen molar-refractivity contribution >= 4 is 28.8 Å². The topological polar surface area (TPSA) is 71.0 Å². The lowest BCUT2D eigenvalue weighted by molar-refractivity contribution is -0.143. The molecule has 2 aliphatic heterocycles. The van der Waals surface area contributed by atoms with Crippen LogP contribution in [0.2, 0.25) is 0 Å². The van der Waals surface area contributed by atoms with Crippen LogP contribution in [0.5, 0.6) is 0 Å². The van der Waals surface area contributed by atoms with Crippen molar-refractivity contribution in [1.82, 2.24) is 10.2 Å². The molecule has 0 bridgehead atoms. The van der Waals surface area contributed by atoms with Crippen molar-refractivity contribution in [2.24, 2.45) is 4.99 Å². The standard InChI is InChI=1S/C27H28FN3O3S/c1-16(2)34-26(33)24-18(4)30-27-31(25(24)21-12-8-9-13-22(21)28)20(15-35-27)14-23(32)29-17(3)19-10-6-5-7-11-19/h5-13,15-17,25H,14H2,1-4H3,(H,29,32)/t17-,25-/m0/s1. The van der Waals surface area contributed by atoms with Gasteiger partial charge in [0.1, 0.15) is 5.82 Å². The average molecular weight is 494 g/mol. The molecule has 0 unspecified atom stereocenters. The van der Waals surface area contributed by atoms with Gasteiger partial charge in [-0.15, -0.1) is 0 Å². The maximum Gasteiger partial charge on any atom is 0.338 e. The van der Waals surface area contributed by atoms with Gasteiger partial charge in [-0.25, -0.2) is 14.2 Å². The molecule has 0 saturated carbocycles. The summed E-state index contributed by atoms with van der Waals surface area (Å²) in [5.74, 6) is -1.17.